The van der Waals surface area contributed by atoms with Crippen LogP contribution in [0.15, 0.2) is 12.1 Å². The van der Waals surface area contributed by atoms with Crippen molar-refractivity contribution < 1.29 is 19.2 Å². The van der Waals surface area contributed by atoms with Gasteiger partial charge in [-0.15, -0.1) is 0 Å². The summed E-state index contributed by atoms with van der Waals surface area (Å²) in [5.41, 5.74) is -0.200. The lowest BCUT2D eigenvalue weighted by atomic mass is 10.0. The van der Waals surface area contributed by atoms with Gasteiger partial charge in [0.2, 0.25) is 0 Å². The second-order valence-corrected chi connectivity index (χ2v) is 14.5. The number of nitro groups is 1. The van der Waals surface area contributed by atoms with Gasteiger partial charge in [-0.2, -0.15) is 0 Å². The Morgan fingerprint density at radius 3 is 1.00 bits per heavy atom. The number of hydrogen-bond donors (Lipinski definition) is 0. The number of unbranched alkanes of at least 4 members (excludes halogenated alkanes) is 30. The van der Waals surface area contributed by atoms with Crippen molar-refractivity contribution in [3.05, 3.63) is 27.8 Å². The molecule has 0 radical (unpaired) electrons. The third-order valence-corrected chi connectivity index (χ3v) is 9.93. The summed E-state index contributed by atoms with van der Waals surface area (Å²) in [5, 5.41) is 11.6. The Hall–Kier alpha value is -2.11. The molecule has 1 aromatic carbocycles. The Morgan fingerprint density at radius 1 is 0.469 bits per heavy atom. The summed E-state index contributed by atoms with van der Waals surface area (Å²) in [6.07, 6.45) is 42.5. The number of aldehydes is 1. The fraction of sp³-hybridized carbons (Fsp3) is 0.837. The van der Waals surface area contributed by atoms with E-state index in [9.17, 15) is 14.9 Å². The topological polar surface area (TPSA) is 78.7 Å². The molecule has 1 rings (SSSR count). The molecular weight excluding hydrogens is 610 g/mol. The van der Waals surface area contributed by atoms with Gasteiger partial charge < -0.3 is 9.47 Å². The normalized spacial score (nSPS) is 11.2. The van der Waals surface area contributed by atoms with Gasteiger partial charge in [0.05, 0.1) is 29.8 Å². The maximum Gasteiger partial charge on any atom is 0.283 e. The molecule has 0 bridgehead atoms. The van der Waals surface area contributed by atoms with Gasteiger partial charge in [-0.05, 0) is 12.8 Å². The fourth-order valence-electron chi connectivity index (χ4n) is 6.71. The summed E-state index contributed by atoms with van der Waals surface area (Å²) in [4.78, 5) is 22.6. The molecule has 0 spiro atoms. The first kappa shape index (κ1) is 44.9. The van der Waals surface area contributed by atoms with Gasteiger partial charge in [0.25, 0.3) is 5.69 Å². The summed E-state index contributed by atoms with van der Waals surface area (Å²) in [6, 6.07) is 2.83. The molecule has 0 aromatic heterocycles. The standard InChI is InChI=1S/C43H77NO5/c1-3-5-7-9-11-13-15-17-19-21-23-25-27-29-31-33-35-48-42-37-40(39-45)41(44(46)47)38-43(42)49-36-34-32-30-28-26-24-22-20-18-16-14-12-10-8-6-4-2/h37-39H,3-36H2,1-2H3. The zero-order valence-corrected chi connectivity index (χ0v) is 32.3. The number of nitrogens with zero attached hydrogens (tertiary/aromatic N) is 1. The van der Waals surface area contributed by atoms with E-state index in [0.29, 0.717) is 31.0 Å². The Labute approximate surface area is 302 Å². The molecule has 0 unspecified atom stereocenters. The van der Waals surface area contributed by atoms with Crippen molar-refractivity contribution in [2.24, 2.45) is 0 Å². The van der Waals surface area contributed by atoms with Gasteiger partial charge in [0.1, 0.15) is 0 Å². The maximum atomic E-state index is 11.6. The van der Waals surface area contributed by atoms with Crippen LogP contribution < -0.4 is 9.47 Å². The first-order valence-electron chi connectivity index (χ1n) is 21.2. The van der Waals surface area contributed by atoms with Crippen LogP contribution in [0.4, 0.5) is 5.69 Å². The van der Waals surface area contributed by atoms with E-state index in [1.807, 2.05) is 0 Å². The molecule has 0 aliphatic heterocycles. The molecule has 0 N–H and O–H groups in total. The van der Waals surface area contributed by atoms with E-state index in [0.717, 1.165) is 25.7 Å². The van der Waals surface area contributed by atoms with Gasteiger partial charge in [0.15, 0.2) is 17.8 Å². The number of nitro benzene ring substituents is 1. The Morgan fingerprint density at radius 2 is 0.735 bits per heavy atom. The van der Waals surface area contributed by atoms with E-state index in [1.54, 1.807) is 0 Å². The molecule has 0 aliphatic rings. The van der Waals surface area contributed by atoms with Crippen molar-refractivity contribution in [3.8, 4) is 11.5 Å². The van der Waals surface area contributed by atoms with E-state index in [-0.39, 0.29) is 11.3 Å². The average Bonchev–Trinajstić information content (AvgIpc) is 3.10. The van der Waals surface area contributed by atoms with E-state index in [2.05, 4.69) is 13.8 Å². The molecule has 6 nitrogen and oxygen atoms in total. The molecular formula is C43H77NO5. The third-order valence-electron chi connectivity index (χ3n) is 9.93. The summed E-state index contributed by atoms with van der Waals surface area (Å²) in [5.74, 6) is 0.805. The number of hydrogen-bond acceptors (Lipinski definition) is 5. The first-order valence-corrected chi connectivity index (χ1v) is 21.2. The zero-order chi connectivity index (χ0) is 35.5. The summed E-state index contributed by atoms with van der Waals surface area (Å²) in [7, 11) is 0. The van der Waals surface area contributed by atoms with Crippen molar-refractivity contribution in [2.45, 2.75) is 219 Å². The van der Waals surface area contributed by atoms with Crippen molar-refractivity contribution in [1.29, 1.82) is 0 Å². The lowest BCUT2D eigenvalue weighted by Crippen LogP contribution is -2.05. The molecule has 1 aromatic rings. The molecule has 0 amide bonds. The van der Waals surface area contributed by atoms with Crippen LogP contribution in [0.25, 0.3) is 0 Å². The highest BCUT2D eigenvalue weighted by molar-refractivity contribution is 5.83. The molecule has 0 aliphatic carbocycles. The fourth-order valence-corrected chi connectivity index (χ4v) is 6.71. The number of carbonyl (C=O) groups is 1. The predicted octanol–water partition coefficient (Wildman–Crippen LogP) is 14.7. The molecule has 0 atom stereocenters. The minimum atomic E-state index is -0.523. The second kappa shape index (κ2) is 34.3. The summed E-state index contributed by atoms with van der Waals surface area (Å²) >= 11 is 0. The van der Waals surface area contributed by atoms with Gasteiger partial charge in [-0.3, -0.25) is 14.9 Å². The van der Waals surface area contributed by atoms with Crippen molar-refractivity contribution in [1.82, 2.24) is 0 Å². The highest BCUT2D eigenvalue weighted by Gasteiger charge is 2.20. The van der Waals surface area contributed by atoms with Crippen LogP contribution in [0.5, 0.6) is 11.5 Å². The van der Waals surface area contributed by atoms with Gasteiger partial charge >= 0.3 is 0 Å². The summed E-state index contributed by atoms with van der Waals surface area (Å²) < 4.78 is 12.0. The average molecular weight is 688 g/mol. The van der Waals surface area contributed by atoms with E-state index >= 15 is 0 Å². The minimum absolute atomic E-state index is 0.0294. The van der Waals surface area contributed by atoms with Crippen LogP contribution in [0.1, 0.15) is 230 Å². The zero-order valence-electron chi connectivity index (χ0n) is 32.3. The van der Waals surface area contributed by atoms with E-state index in [1.165, 1.54) is 192 Å². The molecule has 0 heterocycles. The van der Waals surface area contributed by atoms with Crippen LogP contribution in [0.2, 0.25) is 0 Å². The molecule has 0 saturated carbocycles. The molecule has 0 fully saturated rings. The first-order chi connectivity index (χ1) is 24.1. The lowest BCUT2D eigenvalue weighted by Gasteiger charge is -2.14. The van der Waals surface area contributed by atoms with Crippen molar-refractivity contribution >= 4 is 12.0 Å². The SMILES string of the molecule is CCCCCCCCCCCCCCCCCCOc1cc(C=O)c([N+](=O)[O-])cc1OCCCCCCCCCCCCCCCCCC. The number of ether oxygens (including phenoxy) is 2. The van der Waals surface area contributed by atoms with Crippen LogP contribution in [0.3, 0.4) is 0 Å². The molecule has 6 heteroatoms. The quantitative estimate of drug-likeness (QED) is 0.0299. The second-order valence-electron chi connectivity index (χ2n) is 14.5. The minimum Gasteiger partial charge on any atom is -0.490 e. The van der Waals surface area contributed by atoms with Gasteiger partial charge in [-0.25, -0.2) is 0 Å². The Kier molecular flexibility index (Phi) is 31.5. The number of carbonyl (C=O) groups excluding carboxylic acids is 1. The predicted molar refractivity (Wildman–Crippen MR) is 209 cm³/mol. The van der Waals surface area contributed by atoms with Crippen LogP contribution in [-0.4, -0.2) is 24.4 Å². The Balaban J connectivity index is 2.16. The van der Waals surface area contributed by atoms with Crippen LogP contribution in [0, 0.1) is 10.1 Å². The number of benzene rings is 1. The van der Waals surface area contributed by atoms with E-state index in [4.69, 9.17) is 9.47 Å². The van der Waals surface area contributed by atoms with Crippen LogP contribution >= 0.6 is 0 Å². The summed E-state index contributed by atoms with van der Waals surface area (Å²) in [6.45, 7) is 5.56. The number of rotatable bonds is 38. The lowest BCUT2D eigenvalue weighted by molar-refractivity contribution is -0.385. The van der Waals surface area contributed by atoms with E-state index < -0.39 is 4.92 Å². The molecule has 0 saturated heterocycles. The Bertz CT molecular complexity index is 904. The van der Waals surface area contributed by atoms with Gasteiger partial charge in [0, 0.05) is 6.07 Å². The highest BCUT2D eigenvalue weighted by Crippen LogP contribution is 2.35. The third kappa shape index (κ3) is 26.4. The maximum absolute atomic E-state index is 11.6. The monoisotopic (exact) mass is 688 g/mol. The van der Waals surface area contributed by atoms with Crippen molar-refractivity contribution in [2.75, 3.05) is 13.2 Å². The largest absolute Gasteiger partial charge is 0.490 e. The smallest absolute Gasteiger partial charge is 0.283 e. The molecule has 49 heavy (non-hydrogen) atoms. The van der Waals surface area contributed by atoms with Crippen LogP contribution in [-0.2, 0) is 0 Å². The van der Waals surface area contributed by atoms with Crippen molar-refractivity contribution in [3.63, 3.8) is 0 Å². The highest BCUT2D eigenvalue weighted by atomic mass is 16.6. The van der Waals surface area contributed by atoms with Gasteiger partial charge in [-0.1, -0.05) is 206 Å². The molecule has 284 valence electrons.